The molecule has 2 amide bonds. The van der Waals surface area contributed by atoms with Crippen molar-refractivity contribution < 1.29 is 9.18 Å². The molecule has 0 bridgehead atoms. The molecule has 28 heavy (non-hydrogen) atoms. The van der Waals surface area contributed by atoms with E-state index in [4.69, 9.17) is 23.1 Å². The van der Waals surface area contributed by atoms with E-state index in [2.05, 4.69) is 10.2 Å². The molecule has 5 N–H and O–H groups in total. The predicted molar refractivity (Wildman–Crippen MR) is 109 cm³/mol. The minimum atomic E-state index is -0.754. The molecular weight excluding hydrogens is 381 g/mol. The molecule has 0 saturated carbocycles. The van der Waals surface area contributed by atoms with Gasteiger partial charge in [0.15, 0.2) is 5.82 Å². The first-order chi connectivity index (χ1) is 13.5. The number of aromatic nitrogens is 2. The Bertz CT molecular complexity index is 1210. The Balaban J connectivity index is 1.83. The number of urea groups is 1. The Morgan fingerprint density at radius 3 is 2.50 bits per heavy atom. The van der Waals surface area contributed by atoms with Gasteiger partial charge in [0.1, 0.15) is 5.82 Å². The molecule has 0 fully saturated rings. The predicted octanol–water partition coefficient (Wildman–Crippen LogP) is 4.82. The van der Waals surface area contributed by atoms with E-state index in [1.165, 1.54) is 11.0 Å². The fourth-order valence-corrected chi connectivity index (χ4v) is 3.39. The topological polar surface area (TPSA) is 101 Å². The van der Waals surface area contributed by atoms with E-state index in [1.807, 2.05) is 6.07 Å². The van der Waals surface area contributed by atoms with Crippen molar-refractivity contribution in [2.24, 2.45) is 5.73 Å². The molecule has 3 aromatic carbocycles. The number of aromatic amines is 1. The van der Waals surface area contributed by atoms with E-state index in [1.54, 1.807) is 48.5 Å². The second-order valence-electron chi connectivity index (χ2n) is 6.15. The van der Waals surface area contributed by atoms with Crippen molar-refractivity contribution in [2.45, 2.75) is 0 Å². The van der Waals surface area contributed by atoms with Gasteiger partial charge in [0.05, 0.1) is 22.3 Å². The Labute approximate surface area is 164 Å². The molecule has 0 aliphatic rings. The summed E-state index contributed by atoms with van der Waals surface area (Å²) in [5.41, 5.74) is 13.8. The molecule has 1 heterocycles. The number of rotatable bonds is 3. The maximum atomic E-state index is 15.0. The number of hydrogen-bond acceptors (Lipinski definition) is 3. The maximum absolute atomic E-state index is 15.0. The summed E-state index contributed by atoms with van der Waals surface area (Å²) < 4.78 is 15.0. The summed E-state index contributed by atoms with van der Waals surface area (Å²) in [7, 11) is 0. The number of halogens is 2. The highest BCUT2D eigenvalue weighted by molar-refractivity contribution is 6.31. The number of carbonyl (C=O) groups is 1. The molecule has 4 aromatic rings. The highest BCUT2D eigenvalue weighted by Crippen LogP contribution is 2.35. The zero-order chi connectivity index (χ0) is 19.8. The summed E-state index contributed by atoms with van der Waals surface area (Å²) in [5, 5.41) is 7.85. The number of nitrogen functional groups attached to an aromatic ring is 1. The van der Waals surface area contributed by atoms with Crippen molar-refractivity contribution in [3.05, 3.63) is 71.5 Å². The Morgan fingerprint density at radius 1 is 1.04 bits per heavy atom. The average Bonchev–Trinajstić information content (AvgIpc) is 3.03. The number of nitrogens with one attached hydrogen (secondary N) is 1. The number of fused-ring (bicyclic) bond motifs is 1. The number of nitrogens with two attached hydrogens (primary N) is 2. The molecular formula is C20H15ClFN5O. The highest BCUT2D eigenvalue weighted by Gasteiger charge is 2.19. The van der Waals surface area contributed by atoms with Gasteiger partial charge in [-0.2, -0.15) is 5.10 Å². The van der Waals surface area contributed by atoms with Crippen LogP contribution in [0.4, 0.5) is 26.4 Å². The molecule has 0 radical (unpaired) electrons. The van der Waals surface area contributed by atoms with E-state index in [0.29, 0.717) is 32.7 Å². The van der Waals surface area contributed by atoms with Crippen LogP contribution < -0.4 is 16.4 Å². The first-order valence-corrected chi connectivity index (χ1v) is 8.71. The van der Waals surface area contributed by atoms with Crippen molar-refractivity contribution >= 4 is 45.7 Å². The zero-order valence-electron chi connectivity index (χ0n) is 14.5. The van der Waals surface area contributed by atoms with Crippen LogP contribution in [0.1, 0.15) is 0 Å². The van der Waals surface area contributed by atoms with Crippen LogP contribution in [0.15, 0.2) is 60.7 Å². The van der Waals surface area contributed by atoms with Crippen LogP contribution in [-0.4, -0.2) is 16.2 Å². The van der Waals surface area contributed by atoms with Crippen molar-refractivity contribution in [2.75, 3.05) is 10.6 Å². The van der Waals surface area contributed by atoms with Crippen LogP contribution in [0, 0.1) is 5.82 Å². The van der Waals surface area contributed by atoms with Crippen LogP contribution in [0.5, 0.6) is 0 Å². The van der Waals surface area contributed by atoms with Crippen LogP contribution in [0.25, 0.3) is 22.0 Å². The van der Waals surface area contributed by atoms with Crippen LogP contribution in [0.3, 0.4) is 0 Å². The summed E-state index contributed by atoms with van der Waals surface area (Å²) in [6.07, 6.45) is 0. The third-order valence-electron chi connectivity index (χ3n) is 4.41. The summed E-state index contributed by atoms with van der Waals surface area (Å²) in [6.45, 7) is 0. The lowest BCUT2D eigenvalue weighted by Crippen LogP contribution is -2.31. The maximum Gasteiger partial charge on any atom is 0.323 e. The Hall–Kier alpha value is -3.58. The standard InChI is InChI=1S/C20H15ClFN5O/c21-11-3-1-4-12(9-11)27(20(24)28)13-7-8-14(16(22)10-13)15-5-2-6-17-18(15)19(23)26-25-17/h1-10H,(H2,24,28)(H3,23,25,26). The van der Waals surface area contributed by atoms with E-state index in [-0.39, 0.29) is 11.5 Å². The number of H-pyrrole nitrogens is 1. The minimum absolute atomic E-state index is 0.281. The molecule has 6 nitrogen and oxygen atoms in total. The van der Waals surface area contributed by atoms with Crippen LogP contribution in [0.2, 0.25) is 5.02 Å². The van der Waals surface area contributed by atoms with E-state index in [0.717, 1.165) is 0 Å². The van der Waals surface area contributed by atoms with Crippen LogP contribution >= 0.6 is 11.6 Å². The fourth-order valence-electron chi connectivity index (χ4n) is 3.20. The van der Waals surface area contributed by atoms with Crippen LogP contribution in [-0.2, 0) is 0 Å². The molecule has 0 aliphatic carbocycles. The Kier molecular flexibility index (Phi) is 4.37. The van der Waals surface area contributed by atoms with Gasteiger partial charge in [0.2, 0.25) is 0 Å². The molecule has 0 aliphatic heterocycles. The first-order valence-electron chi connectivity index (χ1n) is 8.33. The third-order valence-corrected chi connectivity index (χ3v) is 4.64. The molecule has 0 atom stereocenters. The number of nitrogens with zero attached hydrogens (tertiary/aromatic N) is 2. The Morgan fingerprint density at radius 2 is 1.79 bits per heavy atom. The fraction of sp³-hybridized carbons (Fsp3) is 0. The smallest absolute Gasteiger partial charge is 0.323 e. The number of benzene rings is 3. The zero-order valence-corrected chi connectivity index (χ0v) is 15.2. The second-order valence-corrected chi connectivity index (χ2v) is 6.59. The van der Waals surface area contributed by atoms with E-state index >= 15 is 4.39 Å². The summed E-state index contributed by atoms with van der Waals surface area (Å²) in [5.74, 6) is -0.245. The molecule has 140 valence electrons. The largest absolute Gasteiger partial charge is 0.382 e. The number of carbonyl (C=O) groups excluding carboxylic acids is 1. The molecule has 4 rings (SSSR count). The highest BCUT2D eigenvalue weighted by atomic mass is 35.5. The van der Waals surface area contributed by atoms with Crippen molar-refractivity contribution in [3.8, 4) is 11.1 Å². The van der Waals surface area contributed by atoms with Gasteiger partial charge in [-0.15, -0.1) is 0 Å². The lowest BCUT2D eigenvalue weighted by Gasteiger charge is -2.21. The van der Waals surface area contributed by atoms with Gasteiger partial charge in [-0.1, -0.05) is 29.8 Å². The van der Waals surface area contributed by atoms with Crippen molar-refractivity contribution in [3.63, 3.8) is 0 Å². The van der Waals surface area contributed by atoms with Gasteiger partial charge < -0.3 is 11.5 Å². The monoisotopic (exact) mass is 395 g/mol. The lowest BCUT2D eigenvalue weighted by atomic mass is 10.00. The van der Waals surface area contributed by atoms with Crippen molar-refractivity contribution in [1.29, 1.82) is 0 Å². The summed E-state index contributed by atoms with van der Waals surface area (Å²) >= 11 is 6.00. The number of hydrogen-bond donors (Lipinski definition) is 3. The van der Waals surface area contributed by atoms with Gasteiger partial charge in [-0.25, -0.2) is 9.18 Å². The quantitative estimate of drug-likeness (QED) is 0.463. The van der Waals surface area contributed by atoms with Gasteiger partial charge in [0.25, 0.3) is 0 Å². The number of amides is 2. The van der Waals surface area contributed by atoms with Gasteiger partial charge >= 0.3 is 6.03 Å². The lowest BCUT2D eigenvalue weighted by molar-refractivity contribution is 0.256. The normalized spacial score (nSPS) is 10.9. The third kappa shape index (κ3) is 3.01. The molecule has 0 saturated heterocycles. The number of anilines is 3. The summed E-state index contributed by atoms with van der Waals surface area (Å²) in [4.78, 5) is 13.2. The van der Waals surface area contributed by atoms with Crippen molar-refractivity contribution in [1.82, 2.24) is 10.2 Å². The second kappa shape index (κ2) is 6.86. The van der Waals surface area contributed by atoms with E-state index in [9.17, 15) is 4.79 Å². The van der Waals surface area contributed by atoms with Gasteiger partial charge in [-0.05, 0) is 48.0 Å². The molecule has 1 aromatic heterocycles. The SMILES string of the molecule is NC(=O)N(c1cccc(Cl)c1)c1ccc(-c2cccc3[nH]nc(N)c23)c(F)c1. The minimum Gasteiger partial charge on any atom is -0.382 e. The molecule has 0 unspecified atom stereocenters. The van der Waals surface area contributed by atoms with Gasteiger partial charge in [-0.3, -0.25) is 10.00 Å². The molecule has 0 spiro atoms. The van der Waals surface area contributed by atoms with Gasteiger partial charge in [0, 0.05) is 10.6 Å². The first kappa shape index (κ1) is 17.8. The van der Waals surface area contributed by atoms with E-state index < -0.39 is 11.8 Å². The number of primary amides is 1. The average molecular weight is 396 g/mol. The molecule has 8 heteroatoms. The summed E-state index contributed by atoms with van der Waals surface area (Å²) in [6, 6.07) is 15.6.